The second-order valence-corrected chi connectivity index (χ2v) is 4.59. The molecule has 0 amide bonds. The largest absolute Gasteiger partial charge is 0.324 e. The number of halogens is 1. The predicted octanol–water partition coefficient (Wildman–Crippen LogP) is 2.50. The molecule has 1 unspecified atom stereocenters. The zero-order valence-corrected chi connectivity index (χ0v) is 10.7. The zero-order valence-electron chi connectivity index (χ0n) is 10.7. The quantitative estimate of drug-likeness (QED) is 0.902. The lowest BCUT2D eigenvalue weighted by molar-refractivity contribution is 0.602. The van der Waals surface area contributed by atoms with Gasteiger partial charge in [0.2, 0.25) is 0 Å². The highest BCUT2D eigenvalue weighted by Gasteiger charge is 2.10. The van der Waals surface area contributed by atoms with Crippen molar-refractivity contribution < 1.29 is 4.39 Å². The first kappa shape index (κ1) is 12.8. The van der Waals surface area contributed by atoms with Gasteiger partial charge in [-0.3, -0.25) is 4.68 Å². The molecule has 2 rings (SSSR count). The Balaban J connectivity index is 2.03. The lowest BCUT2D eigenvalue weighted by Gasteiger charge is -2.14. The summed E-state index contributed by atoms with van der Waals surface area (Å²) in [6.45, 7) is 1.89. The van der Waals surface area contributed by atoms with E-state index in [1.165, 1.54) is 12.1 Å². The molecule has 1 heterocycles. The summed E-state index contributed by atoms with van der Waals surface area (Å²) in [5.74, 6) is -0.213. The number of aromatic nitrogens is 2. The fraction of sp³-hybridized carbons (Fsp3) is 0.357. The molecular formula is C14H18FN3. The molecule has 0 aliphatic heterocycles. The van der Waals surface area contributed by atoms with Crippen LogP contribution < -0.4 is 5.73 Å². The number of rotatable bonds is 4. The summed E-state index contributed by atoms with van der Waals surface area (Å²) in [5.41, 5.74) is 9.24. The Bertz CT molecular complexity index is 534. The van der Waals surface area contributed by atoms with Gasteiger partial charge in [-0.05, 0) is 49.1 Å². The van der Waals surface area contributed by atoms with Crippen LogP contribution in [-0.4, -0.2) is 9.78 Å². The van der Waals surface area contributed by atoms with Gasteiger partial charge < -0.3 is 5.73 Å². The second-order valence-electron chi connectivity index (χ2n) is 4.59. The molecule has 0 fully saturated rings. The number of nitrogens with zero attached hydrogens (tertiary/aromatic N) is 2. The van der Waals surface area contributed by atoms with Crippen molar-refractivity contribution in [3.63, 3.8) is 0 Å². The SMILES string of the molecule is Cc1cc(F)ccc1C(N)CCc1ccnn1C. The third kappa shape index (κ3) is 2.76. The lowest BCUT2D eigenvalue weighted by Crippen LogP contribution is -2.13. The molecule has 1 atom stereocenters. The second kappa shape index (κ2) is 5.31. The van der Waals surface area contributed by atoms with E-state index < -0.39 is 0 Å². The van der Waals surface area contributed by atoms with Gasteiger partial charge in [-0.25, -0.2) is 4.39 Å². The minimum absolute atomic E-state index is 0.0690. The highest BCUT2D eigenvalue weighted by molar-refractivity contribution is 5.29. The van der Waals surface area contributed by atoms with Crippen LogP contribution >= 0.6 is 0 Å². The van der Waals surface area contributed by atoms with E-state index in [0.717, 1.165) is 29.7 Å². The molecule has 96 valence electrons. The van der Waals surface area contributed by atoms with Crippen molar-refractivity contribution in [3.8, 4) is 0 Å². The van der Waals surface area contributed by atoms with Crippen LogP contribution in [0, 0.1) is 12.7 Å². The molecule has 0 radical (unpaired) electrons. The maximum Gasteiger partial charge on any atom is 0.123 e. The van der Waals surface area contributed by atoms with Crippen molar-refractivity contribution in [2.45, 2.75) is 25.8 Å². The first-order chi connectivity index (χ1) is 8.58. The highest BCUT2D eigenvalue weighted by atomic mass is 19.1. The number of aryl methyl sites for hydroxylation is 3. The van der Waals surface area contributed by atoms with Crippen LogP contribution in [0.4, 0.5) is 4.39 Å². The summed E-state index contributed by atoms with van der Waals surface area (Å²) in [4.78, 5) is 0. The number of hydrogen-bond donors (Lipinski definition) is 1. The molecule has 3 nitrogen and oxygen atoms in total. The number of benzene rings is 1. The van der Waals surface area contributed by atoms with Crippen LogP contribution in [0.5, 0.6) is 0 Å². The molecule has 0 spiro atoms. The lowest BCUT2D eigenvalue weighted by atomic mass is 9.97. The molecule has 0 bridgehead atoms. The highest BCUT2D eigenvalue weighted by Crippen LogP contribution is 2.21. The van der Waals surface area contributed by atoms with Crippen molar-refractivity contribution in [3.05, 3.63) is 53.1 Å². The van der Waals surface area contributed by atoms with E-state index >= 15 is 0 Å². The summed E-state index contributed by atoms with van der Waals surface area (Å²) < 4.78 is 14.9. The maximum absolute atomic E-state index is 13.0. The van der Waals surface area contributed by atoms with E-state index in [1.807, 2.05) is 24.7 Å². The smallest absolute Gasteiger partial charge is 0.123 e. The number of nitrogens with two attached hydrogens (primary N) is 1. The minimum atomic E-state index is -0.213. The Morgan fingerprint density at radius 3 is 2.78 bits per heavy atom. The molecular weight excluding hydrogens is 229 g/mol. The first-order valence-electron chi connectivity index (χ1n) is 6.06. The summed E-state index contributed by atoms with van der Waals surface area (Å²) in [7, 11) is 1.92. The van der Waals surface area contributed by atoms with Crippen molar-refractivity contribution in [2.24, 2.45) is 12.8 Å². The van der Waals surface area contributed by atoms with Gasteiger partial charge in [-0.15, -0.1) is 0 Å². The molecule has 1 aromatic heterocycles. The number of hydrogen-bond acceptors (Lipinski definition) is 2. The molecule has 0 aliphatic carbocycles. The van der Waals surface area contributed by atoms with Crippen molar-refractivity contribution in [1.29, 1.82) is 0 Å². The molecule has 4 heteroatoms. The molecule has 2 aromatic rings. The van der Waals surface area contributed by atoms with Crippen molar-refractivity contribution >= 4 is 0 Å². The van der Waals surface area contributed by atoms with Gasteiger partial charge in [0.05, 0.1) is 0 Å². The van der Waals surface area contributed by atoms with Crippen molar-refractivity contribution in [2.75, 3.05) is 0 Å². The van der Waals surface area contributed by atoms with Gasteiger partial charge in [0.1, 0.15) is 5.82 Å². The summed E-state index contributed by atoms with van der Waals surface area (Å²) in [6.07, 6.45) is 3.48. The summed E-state index contributed by atoms with van der Waals surface area (Å²) in [5, 5.41) is 4.12. The zero-order chi connectivity index (χ0) is 13.1. The van der Waals surface area contributed by atoms with E-state index in [0.29, 0.717) is 0 Å². The fourth-order valence-electron chi connectivity index (χ4n) is 2.16. The van der Waals surface area contributed by atoms with Gasteiger partial charge in [0, 0.05) is 25.0 Å². The topological polar surface area (TPSA) is 43.8 Å². The molecule has 1 aromatic carbocycles. The fourth-order valence-corrected chi connectivity index (χ4v) is 2.16. The van der Waals surface area contributed by atoms with Crippen LogP contribution in [-0.2, 0) is 13.5 Å². The summed E-state index contributed by atoms with van der Waals surface area (Å²) in [6, 6.07) is 6.69. The average molecular weight is 247 g/mol. The molecule has 18 heavy (non-hydrogen) atoms. The van der Waals surface area contributed by atoms with Crippen LogP contribution in [0.25, 0.3) is 0 Å². The maximum atomic E-state index is 13.0. The Labute approximate surface area is 106 Å². The third-order valence-corrected chi connectivity index (χ3v) is 3.27. The van der Waals surface area contributed by atoms with E-state index in [4.69, 9.17) is 5.73 Å². The van der Waals surface area contributed by atoms with Gasteiger partial charge in [0.15, 0.2) is 0 Å². The van der Waals surface area contributed by atoms with E-state index in [-0.39, 0.29) is 11.9 Å². The van der Waals surface area contributed by atoms with E-state index in [2.05, 4.69) is 5.10 Å². The standard InChI is InChI=1S/C14H18FN3/c1-10-9-11(15)3-5-13(10)14(16)6-4-12-7-8-17-18(12)2/h3,5,7-9,14H,4,6,16H2,1-2H3. The van der Waals surface area contributed by atoms with E-state index in [1.54, 1.807) is 12.3 Å². The van der Waals surface area contributed by atoms with Gasteiger partial charge in [-0.2, -0.15) is 5.10 Å². The van der Waals surface area contributed by atoms with Gasteiger partial charge in [0.25, 0.3) is 0 Å². The average Bonchev–Trinajstić information content (AvgIpc) is 2.72. The molecule has 0 saturated carbocycles. The van der Waals surface area contributed by atoms with Crippen LogP contribution in [0.3, 0.4) is 0 Å². The van der Waals surface area contributed by atoms with Gasteiger partial charge in [-0.1, -0.05) is 6.07 Å². The van der Waals surface area contributed by atoms with Gasteiger partial charge >= 0.3 is 0 Å². The molecule has 2 N–H and O–H groups in total. The molecule has 0 aliphatic rings. The summed E-state index contributed by atoms with van der Waals surface area (Å²) >= 11 is 0. The van der Waals surface area contributed by atoms with Crippen LogP contribution in [0.1, 0.15) is 29.3 Å². The predicted molar refractivity (Wildman–Crippen MR) is 69.6 cm³/mol. The Hall–Kier alpha value is -1.68. The third-order valence-electron chi connectivity index (χ3n) is 3.27. The van der Waals surface area contributed by atoms with Crippen LogP contribution in [0.15, 0.2) is 30.5 Å². The van der Waals surface area contributed by atoms with Crippen LogP contribution in [0.2, 0.25) is 0 Å². The Kier molecular flexibility index (Phi) is 3.77. The molecule has 0 saturated heterocycles. The minimum Gasteiger partial charge on any atom is -0.324 e. The normalized spacial score (nSPS) is 12.7. The Morgan fingerprint density at radius 2 is 2.17 bits per heavy atom. The van der Waals surface area contributed by atoms with E-state index in [9.17, 15) is 4.39 Å². The first-order valence-corrected chi connectivity index (χ1v) is 6.06. The Morgan fingerprint density at radius 1 is 1.39 bits per heavy atom. The van der Waals surface area contributed by atoms with Crippen molar-refractivity contribution in [1.82, 2.24) is 9.78 Å². The monoisotopic (exact) mass is 247 g/mol.